The van der Waals surface area contributed by atoms with Gasteiger partial charge in [-0.15, -0.1) is 0 Å². The van der Waals surface area contributed by atoms with E-state index < -0.39 is 30.5 Å². The van der Waals surface area contributed by atoms with Gasteiger partial charge >= 0.3 is 11.9 Å². The lowest BCUT2D eigenvalue weighted by Gasteiger charge is -2.16. The Kier molecular flexibility index (Phi) is 8.44. The van der Waals surface area contributed by atoms with Crippen molar-refractivity contribution in [1.82, 2.24) is 5.32 Å². The Balaban J connectivity index is 1.84. The van der Waals surface area contributed by atoms with Crippen LogP contribution >= 0.6 is 0 Å². The summed E-state index contributed by atoms with van der Waals surface area (Å²) >= 11 is 0. The molecule has 0 aromatic heterocycles. The summed E-state index contributed by atoms with van der Waals surface area (Å²) in [5.74, 6) is -1.14. The van der Waals surface area contributed by atoms with Gasteiger partial charge in [-0.2, -0.15) is 0 Å². The molecule has 2 aromatic rings. The monoisotopic (exact) mass is 397 g/mol. The predicted molar refractivity (Wildman–Crippen MR) is 107 cm³/mol. The van der Waals surface area contributed by atoms with Gasteiger partial charge < -0.3 is 19.5 Å². The number of amides is 1. The van der Waals surface area contributed by atoms with Crippen molar-refractivity contribution >= 4 is 23.9 Å². The van der Waals surface area contributed by atoms with Crippen LogP contribution < -0.4 is 10.1 Å². The molecular formula is C22H23NO6. The molecule has 0 saturated heterocycles. The smallest absolute Gasteiger partial charge is 0.331 e. The van der Waals surface area contributed by atoms with Crippen molar-refractivity contribution in [2.45, 2.75) is 12.5 Å². The van der Waals surface area contributed by atoms with Crippen molar-refractivity contribution in [2.24, 2.45) is 0 Å². The van der Waals surface area contributed by atoms with Crippen molar-refractivity contribution in [1.29, 1.82) is 0 Å². The molecule has 152 valence electrons. The molecular weight excluding hydrogens is 374 g/mol. The van der Waals surface area contributed by atoms with Crippen molar-refractivity contribution < 1.29 is 28.6 Å². The van der Waals surface area contributed by atoms with E-state index in [9.17, 15) is 14.4 Å². The average Bonchev–Trinajstić information content (AvgIpc) is 2.76. The Morgan fingerprint density at radius 2 is 1.69 bits per heavy atom. The molecule has 0 aliphatic rings. The van der Waals surface area contributed by atoms with Crippen LogP contribution in [0.3, 0.4) is 0 Å². The Labute approximate surface area is 169 Å². The third kappa shape index (κ3) is 7.50. The zero-order chi connectivity index (χ0) is 21.1. The first-order valence-corrected chi connectivity index (χ1v) is 8.92. The number of ether oxygens (including phenoxy) is 3. The number of rotatable bonds is 9. The molecule has 1 N–H and O–H groups in total. The molecule has 29 heavy (non-hydrogen) atoms. The third-order valence-electron chi connectivity index (χ3n) is 3.98. The van der Waals surface area contributed by atoms with E-state index >= 15 is 0 Å². The summed E-state index contributed by atoms with van der Waals surface area (Å²) in [5.41, 5.74) is 1.64. The maximum atomic E-state index is 12.1. The molecule has 2 rings (SSSR count). The van der Waals surface area contributed by atoms with Crippen molar-refractivity contribution in [3.8, 4) is 5.75 Å². The first kappa shape index (κ1) is 21.7. The number of carbonyl (C=O) groups is 3. The van der Waals surface area contributed by atoms with E-state index in [0.29, 0.717) is 5.75 Å². The minimum atomic E-state index is -0.872. The Bertz CT molecular complexity index is 845. The maximum Gasteiger partial charge on any atom is 0.331 e. The van der Waals surface area contributed by atoms with Gasteiger partial charge in [-0.1, -0.05) is 42.5 Å². The molecule has 7 heteroatoms. The topological polar surface area (TPSA) is 90.9 Å². The van der Waals surface area contributed by atoms with Crippen molar-refractivity contribution in [2.75, 3.05) is 20.8 Å². The molecule has 1 atom stereocenters. The highest BCUT2D eigenvalue weighted by atomic mass is 16.5. The number of nitrogens with one attached hydrogen (secondary N) is 1. The van der Waals surface area contributed by atoms with E-state index in [1.807, 2.05) is 30.3 Å². The van der Waals surface area contributed by atoms with E-state index in [1.165, 1.54) is 13.2 Å². The van der Waals surface area contributed by atoms with E-state index in [0.717, 1.165) is 11.1 Å². The lowest BCUT2D eigenvalue weighted by Crippen LogP contribution is -2.44. The standard InChI is InChI=1S/C22H23NO6/c1-27-18-11-8-16(9-12-18)10-13-21(25)29-15-20(24)23-19(22(26)28-2)14-17-6-4-3-5-7-17/h3-13,19H,14-15H2,1-2H3,(H,23,24)/b13-10+. The number of esters is 2. The summed E-state index contributed by atoms with van der Waals surface area (Å²) in [6.07, 6.45) is 3.05. The van der Waals surface area contributed by atoms with Gasteiger partial charge in [0, 0.05) is 12.5 Å². The molecule has 1 amide bonds. The van der Waals surface area contributed by atoms with Crippen LogP contribution in [0, 0.1) is 0 Å². The number of methoxy groups -OCH3 is 2. The largest absolute Gasteiger partial charge is 0.497 e. The normalized spacial score (nSPS) is 11.5. The van der Waals surface area contributed by atoms with Gasteiger partial charge in [-0.05, 0) is 29.3 Å². The van der Waals surface area contributed by atoms with Crippen LogP contribution in [0.15, 0.2) is 60.7 Å². The lowest BCUT2D eigenvalue weighted by molar-refractivity contribution is -0.147. The highest BCUT2D eigenvalue weighted by Crippen LogP contribution is 2.12. The van der Waals surface area contributed by atoms with Crippen LogP contribution in [0.1, 0.15) is 11.1 Å². The summed E-state index contributed by atoms with van der Waals surface area (Å²) in [7, 11) is 2.81. The van der Waals surface area contributed by atoms with Gasteiger partial charge in [0.25, 0.3) is 5.91 Å². The molecule has 1 unspecified atom stereocenters. The number of carbonyl (C=O) groups excluding carboxylic acids is 3. The summed E-state index contributed by atoms with van der Waals surface area (Å²) in [5, 5.41) is 2.53. The van der Waals surface area contributed by atoms with Crippen LogP contribution in [0.2, 0.25) is 0 Å². The molecule has 0 bridgehead atoms. The lowest BCUT2D eigenvalue weighted by atomic mass is 10.1. The fourth-order valence-electron chi connectivity index (χ4n) is 2.49. The maximum absolute atomic E-state index is 12.1. The molecule has 0 fully saturated rings. The zero-order valence-electron chi connectivity index (χ0n) is 16.3. The van der Waals surface area contributed by atoms with Gasteiger partial charge in [0.2, 0.25) is 0 Å². The molecule has 0 radical (unpaired) electrons. The summed E-state index contributed by atoms with van der Waals surface area (Å²) in [4.78, 5) is 35.8. The van der Waals surface area contributed by atoms with Gasteiger partial charge in [-0.3, -0.25) is 4.79 Å². The fraction of sp³-hybridized carbons (Fsp3) is 0.227. The van der Waals surface area contributed by atoms with Crippen molar-refractivity contribution in [3.63, 3.8) is 0 Å². The molecule has 2 aromatic carbocycles. The van der Waals surface area contributed by atoms with Gasteiger partial charge in [0.05, 0.1) is 14.2 Å². The van der Waals surface area contributed by atoms with E-state index in [2.05, 4.69) is 5.32 Å². The Morgan fingerprint density at radius 1 is 1.00 bits per heavy atom. The number of hydrogen-bond donors (Lipinski definition) is 1. The highest BCUT2D eigenvalue weighted by molar-refractivity contribution is 5.90. The summed E-state index contributed by atoms with van der Waals surface area (Å²) < 4.78 is 14.7. The third-order valence-corrected chi connectivity index (χ3v) is 3.98. The van der Waals surface area contributed by atoms with Gasteiger partial charge in [0.1, 0.15) is 11.8 Å². The molecule has 7 nitrogen and oxygen atoms in total. The minimum Gasteiger partial charge on any atom is -0.497 e. The van der Waals surface area contributed by atoms with Crippen LogP contribution in [0.4, 0.5) is 0 Å². The quantitative estimate of drug-likeness (QED) is 0.515. The minimum absolute atomic E-state index is 0.268. The Morgan fingerprint density at radius 3 is 2.31 bits per heavy atom. The molecule has 0 spiro atoms. The van der Waals surface area contributed by atoms with E-state index in [4.69, 9.17) is 14.2 Å². The first-order valence-electron chi connectivity index (χ1n) is 8.92. The second-order valence-corrected chi connectivity index (χ2v) is 6.05. The van der Waals surface area contributed by atoms with E-state index in [1.54, 1.807) is 37.5 Å². The van der Waals surface area contributed by atoms with Crippen LogP contribution in [0.5, 0.6) is 5.75 Å². The molecule has 0 aliphatic heterocycles. The summed E-state index contributed by atoms with van der Waals surface area (Å²) in [6.45, 7) is -0.506. The SMILES string of the molecule is COC(=O)C(Cc1ccccc1)NC(=O)COC(=O)/C=C/c1ccc(OC)cc1. The second kappa shape index (κ2) is 11.3. The van der Waals surface area contributed by atoms with Gasteiger partial charge in [-0.25, -0.2) is 9.59 Å². The van der Waals surface area contributed by atoms with E-state index in [-0.39, 0.29) is 6.42 Å². The first-order chi connectivity index (χ1) is 14.0. The second-order valence-electron chi connectivity index (χ2n) is 6.05. The van der Waals surface area contributed by atoms with Gasteiger partial charge in [0.15, 0.2) is 6.61 Å². The number of hydrogen-bond acceptors (Lipinski definition) is 6. The van der Waals surface area contributed by atoms with Crippen LogP contribution in [-0.2, 0) is 30.3 Å². The number of benzene rings is 2. The highest BCUT2D eigenvalue weighted by Gasteiger charge is 2.22. The fourth-order valence-corrected chi connectivity index (χ4v) is 2.49. The molecule has 0 saturated carbocycles. The zero-order valence-corrected chi connectivity index (χ0v) is 16.3. The predicted octanol–water partition coefficient (Wildman–Crippen LogP) is 2.15. The average molecular weight is 397 g/mol. The molecule has 0 aliphatic carbocycles. The Hall–Kier alpha value is -3.61. The summed E-state index contributed by atoms with van der Waals surface area (Å²) in [6, 6.07) is 15.4. The van der Waals surface area contributed by atoms with Crippen LogP contribution in [-0.4, -0.2) is 44.7 Å². The van der Waals surface area contributed by atoms with Crippen molar-refractivity contribution in [3.05, 3.63) is 71.8 Å². The van der Waals surface area contributed by atoms with Crippen LogP contribution in [0.25, 0.3) is 6.08 Å². The molecule has 0 heterocycles.